The van der Waals surface area contributed by atoms with Gasteiger partial charge in [-0.3, -0.25) is 9.80 Å². The summed E-state index contributed by atoms with van der Waals surface area (Å²) in [6, 6.07) is 10.4. The molecular weight excluding hydrogens is 352 g/mol. The van der Waals surface area contributed by atoms with Gasteiger partial charge in [0, 0.05) is 17.5 Å². The lowest BCUT2D eigenvalue weighted by molar-refractivity contribution is 0.0956. The minimum atomic E-state index is -0.651. The van der Waals surface area contributed by atoms with Crippen molar-refractivity contribution < 1.29 is 4.79 Å². The smallest absolute Gasteiger partial charge is 0.251 e. The molecule has 0 saturated heterocycles. The van der Waals surface area contributed by atoms with Crippen molar-refractivity contribution >= 4 is 5.91 Å². The molecule has 0 unspecified atom stereocenters. The van der Waals surface area contributed by atoms with Crippen LogP contribution in [0, 0.1) is 22.7 Å². The molecule has 2 saturated carbocycles. The highest BCUT2D eigenvalue weighted by molar-refractivity contribution is 5.94. The first-order valence-electron chi connectivity index (χ1n) is 9.70. The third-order valence-electron chi connectivity index (χ3n) is 4.96. The Balaban J connectivity index is 0.000000397. The topological polar surface area (TPSA) is 132 Å². The first kappa shape index (κ1) is 21.3. The summed E-state index contributed by atoms with van der Waals surface area (Å²) in [6.07, 6.45) is 11.9. The van der Waals surface area contributed by atoms with Crippen molar-refractivity contribution in [2.45, 2.75) is 56.9 Å². The molecule has 2 aliphatic carbocycles. The lowest BCUT2D eigenvalue weighted by Gasteiger charge is -2.20. The van der Waals surface area contributed by atoms with Crippen LogP contribution in [0.25, 0.3) is 0 Å². The highest BCUT2D eigenvalue weighted by Gasteiger charge is 2.47. The van der Waals surface area contributed by atoms with E-state index in [1.54, 1.807) is 24.3 Å². The zero-order chi connectivity index (χ0) is 20.4. The Morgan fingerprint density at radius 2 is 1.64 bits per heavy atom. The van der Waals surface area contributed by atoms with Gasteiger partial charge >= 0.3 is 0 Å². The molecule has 0 spiro atoms. The van der Waals surface area contributed by atoms with Crippen molar-refractivity contribution in [3.8, 4) is 12.1 Å². The first-order valence-corrected chi connectivity index (χ1v) is 9.70. The van der Waals surface area contributed by atoms with E-state index < -0.39 is 5.54 Å². The lowest BCUT2D eigenvalue weighted by Crippen LogP contribution is -2.39. The van der Waals surface area contributed by atoms with Crippen molar-refractivity contribution in [1.82, 2.24) is 10.3 Å². The molecule has 3 rings (SSSR count). The van der Waals surface area contributed by atoms with E-state index in [2.05, 4.69) is 11.4 Å². The Morgan fingerprint density at radius 1 is 1.11 bits per heavy atom. The molecule has 0 atom stereocenters. The van der Waals surface area contributed by atoms with E-state index in [4.69, 9.17) is 22.1 Å². The van der Waals surface area contributed by atoms with Crippen LogP contribution in [-0.2, 0) is 0 Å². The van der Waals surface area contributed by atoms with Gasteiger partial charge in [0.2, 0.25) is 0 Å². The second-order valence-corrected chi connectivity index (χ2v) is 7.25. The Kier molecular flexibility index (Phi) is 7.86. The molecule has 0 bridgehead atoms. The number of hydrogen-bond acceptors (Lipinski definition) is 6. The van der Waals surface area contributed by atoms with E-state index in [-0.39, 0.29) is 12.5 Å². The minimum absolute atomic E-state index is 0.119. The van der Waals surface area contributed by atoms with Gasteiger partial charge in [-0.25, -0.2) is 5.84 Å². The number of hydrogen-bond donors (Lipinski definition) is 3. The number of nitrogens with two attached hydrogens (primary N) is 2. The molecule has 1 amide bonds. The van der Waals surface area contributed by atoms with Crippen molar-refractivity contribution in [2.75, 3.05) is 6.54 Å². The molecule has 2 fully saturated rings. The van der Waals surface area contributed by atoms with Crippen molar-refractivity contribution in [1.29, 1.82) is 10.5 Å². The summed E-state index contributed by atoms with van der Waals surface area (Å²) in [5.41, 5.74) is 6.42. The predicted octanol–water partition coefficient (Wildman–Crippen LogP) is 2.66. The van der Waals surface area contributed by atoms with Gasteiger partial charge in [0.25, 0.3) is 5.91 Å². The van der Waals surface area contributed by atoms with Gasteiger partial charge in [-0.05, 0) is 37.1 Å². The molecule has 5 N–H and O–H groups in total. The molecule has 7 nitrogen and oxygen atoms in total. The molecule has 1 aromatic carbocycles. The molecule has 0 radical (unpaired) electrons. The Bertz CT molecular complexity index is 752. The van der Waals surface area contributed by atoms with Crippen LogP contribution in [0.1, 0.15) is 67.3 Å². The van der Waals surface area contributed by atoms with Crippen molar-refractivity contribution in [2.24, 2.45) is 11.6 Å². The van der Waals surface area contributed by atoms with E-state index in [0.717, 1.165) is 0 Å². The second kappa shape index (κ2) is 10.3. The fourth-order valence-corrected chi connectivity index (χ4v) is 2.94. The monoisotopic (exact) mass is 380 g/mol. The van der Waals surface area contributed by atoms with E-state index in [9.17, 15) is 4.79 Å². The van der Waals surface area contributed by atoms with E-state index in [1.807, 2.05) is 6.07 Å². The molecule has 7 heteroatoms. The van der Waals surface area contributed by atoms with Gasteiger partial charge in [0.05, 0.1) is 24.2 Å². The molecule has 1 aromatic rings. The van der Waals surface area contributed by atoms with E-state index in [1.165, 1.54) is 49.7 Å². The van der Waals surface area contributed by atoms with Crippen molar-refractivity contribution in [3.05, 3.63) is 47.3 Å². The maximum atomic E-state index is 11.9. The molecule has 0 heterocycles. The maximum absolute atomic E-state index is 11.9. The number of nitriles is 2. The second-order valence-electron chi connectivity index (χ2n) is 7.25. The van der Waals surface area contributed by atoms with Gasteiger partial charge in [-0.15, -0.1) is 0 Å². The van der Waals surface area contributed by atoms with E-state index >= 15 is 0 Å². The summed E-state index contributed by atoms with van der Waals surface area (Å²) in [5, 5.41) is 21.7. The summed E-state index contributed by atoms with van der Waals surface area (Å²) in [6.45, 7) is 0.119. The van der Waals surface area contributed by atoms with Crippen LogP contribution >= 0.6 is 0 Å². The van der Waals surface area contributed by atoms with Crippen LogP contribution in [0.2, 0.25) is 0 Å². The van der Waals surface area contributed by atoms with Gasteiger partial charge in [0.15, 0.2) is 0 Å². The lowest BCUT2D eigenvalue weighted by atomic mass is 10.0. The average Bonchev–Trinajstić information content (AvgIpc) is 3.55. The summed E-state index contributed by atoms with van der Waals surface area (Å²) in [4.78, 5) is 11.9. The van der Waals surface area contributed by atoms with Gasteiger partial charge < -0.3 is 11.1 Å². The first-order chi connectivity index (χ1) is 13.5. The number of carbonyl (C=O) groups excluding carboxylic acids is 1. The Morgan fingerprint density at radius 3 is 2.07 bits per heavy atom. The molecule has 0 aromatic heterocycles. The fourth-order valence-electron chi connectivity index (χ4n) is 2.94. The summed E-state index contributed by atoms with van der Waals surface area (Å²) >= 11 is 0. The molecule has 2 aliphatic rings. The van der Waals surface area contributed by atoms with Crippen molar-refractivity contribution in [3.63, 3.8) is 0 Å². The Hall–Kier alpha value is -3.03. The molecule has 28 heavy (non-hydrogen) atoms. The highest BCUT2D eigenvalue weighted by atomic mass is 16.1. The zero-order valence-electron chi connectivity index (χ0n) is 16.2. The van der Waals surface area contributed by atoms with Crippen LogP contribution in [0.15, 0.2) is 36.2 Å². The average molecular weight is 380 g/mol. The Labute approximate surface area is 166 Å². The van der Waals surface area contributed by atoms with Crippen LogP contribution < -0.4 is 16.9 Å². The summed E-state index contributed by atoms with van der Waals surface area (Å²) in [5.74, 6) is 5.49. The molecule has 148 valence electrons. The zero-order valence-corrected chi connectivity index (χ0v) is 16.2. The number of nitrogens with one attached hydrogen (secondary N) is 1. The number of nitrogens with zero attached hydrogens (tertiary/aromatic N) is 3. The van der Waals surface area contributed by atoms with Crippen LogP contribution in [-0.4, -0.2) is 23.0 Å². The number of hydrazine groups is 1. The predicted molar refractivity (Wildman–Crippen MR) is 107 cm³/mol. The molecule has 0 aliphatic heterocycles. The summed E-state index contributed by atoms with van der Waals surface area (Å²) < 4.78 is 0. The third-order valence-corrected chi connectivity index (χ3v) is 4.96. The number of benzene rings is 1. The fraction of sp³-hybridized carbons (Fsp3) is 0.476. The third kappa shape index (κ3) is 6.29. The standard InChI is InChI=1S/C15H16N6O.C6H12/c16-7-11-1-3-12(4-2-11)14(22)20-8-13(18)9-21(19)15(10-17)5-6-15;1-2-4-6-5-3-1/h1-4,9H,5-6,8,18-19H2,(H,20,22);1-6H2/b13-9-;. The maximum Gasteiger partial charge on any atom is 0.251 e. The summed E-state index contributed by atoms with van der Waals surface area (Å²) in [7, 11) is 0. The van der Waals surface area contributed by atoms with Gasteiger partial charge in [-0.1, -0.05) is 38.5 Å². The molecular formula is C21H28N6O. The number of rotatable bonds is 5. The van der Waals surface area contributed by atoms with Gasteiger partial charge in [-0.2, -0.15) is 10.5 Å². The number of amides is 1. The normalized spacial score (nSPS) is 17.2. The largest absolute Gasteiger partial charge is 0.399 e. The highest BCUT2D eigenvalue weighted by Crippen LogP contribution is 2.39. The van der Waals surface area contributed by atoms with Crippen LogP contribution in [0.3, 0.4) is 0 Å². The van der Waals surface area contributed by atoms with Crippen LogP contribution in [0.5, 0.6) is 0 Å². The number of carbonyl (C=O) groups is 1. The minimum Gasteiger partial charge on any atom is -0.399 e. The quantitative estimate of drug-likeness (QED) is 0.531. The van der Waals surface area contributed by atoms with Gasteiger partial charge in [0.1, 0.15) is 5.54 Å². The SMILES string of the molecule is C1CCCCC1.N#Cc1ccc(C(=O)NC/C(N)=C/N(N)C2(C#N)CC2)cc1. The van der Waals surface area contributed by atoms with Crippen LogP contribution in [0.4, 0.5) is 0 Å². The van der Waals surface area contributed by atoms with E-state index in [0.29, 0.717) is 29.7 Å².